The summed E-state index contributed by atoms with van der Waals surface area (Å²) in [6, 6.07) is 5.76. The minimum atomic E-state index is -0.199. The van der Waals surface area contributed by atoms with E-state index in [1.165, 1.54) is 5.69 Å². The van der Waals surface area contributed by atoms with Crippen LogP contribution in [0.1, 0.15) is 29.8 Å². The topological polar surface area (TPSA) is 81.1 Å². The van der Waals surface area contributed by atoms with Gasteiger partial charge in [0.25, 0.3) is 0 Å². The van der Waals surface area contributed by atoms with Gasteiger partial charge in [0.2, 0.25) is 0 Å². The number of para-hydroxylation sites is 1. The molecule has 126 valence electrons. The van der Waals surface area contributed by atoms with Gasteiger partial charge < -0.3 is 15.4 Å². The number of anilines is 1. The van der Waals surface area contributed by atoms with Crippen LogP contribution in [0, 0.1) is 0 Å². The summed E-state index contributed by atoms with van der Waals surface area (Å²) in [6.45, 7) is 0.700. The van der Waals surface area contributed by atoms with Crippen LogP contribution in [0.15, 0.2) is 18.2 Å². The number of aromatic nitrogens is 3. The zero-order chi connectivity index (χ0) is 16.5. The summed E-state index contributed by atoms with van der Waals surface area (Å²) in [5.74, 6) is 0.804. The second-order valence-corrected chi connectivity index (χ2v) is 6.39. The molecular weight excluding hydrogens is 306 g/mol. The third-order valence-corrected chi connectivity index (χ3v) is 4.71. The van der Waals surface area contributed by atoms with Gasteiger partial charge in [0.15, 0.2) is 0 Å². The number of urea groups is 1. The van der Waals surface area contributed by atoms with Crippen LogP contribution in [-0.4, -0.2) is 33.7 Å². The van der Waals surface area contributed by atoms with Gasteiger partial charge in [-0.2, -0.15) is 0 Å². The number of rotatable bonds is 2. The van der Waals surface area contributed by atoms with Gasteiger partial charge in [0.05, 0.1) is 23.7 Å². The predicted molar refractivity (Wildman–Crippen MR) is 89.2 cm³/mol. The number of aryl methyl sites for hydroxylation is 2. The molecule has 0 bridgehead atoms. The van der Waals surface area contributed by atoms with Gasteiger partial charge in [-0.05, 0) is 37.3 Å². The molecule has 2 amide bonds. The number of fused-ring (bicyclic) bond motifs is 2. The molecule has 1 unspecified atom stereocenters. The average molecular weight is 327 g/mol. The number of carbonyl (C=O) groups excluding carboxylic acids is 1. The second kappa shape index (κ2) is 6.14. The highest BCUT2D eigenvalue weighted by Crippen LogP contribution is 2.32. The Hall–Kier alpha value is -2.57. The van der Waals surface area contributed by atoms with E-state index in [4.69, 9.17) is 4.74 Å². The van der Waals surface area contributed by atoms with Gasteiger partial charge in [0, 0.05) is 19.5 Å². The van der Waals surface area contributed by atoms with Crippen LogP contribution in [0.4, 0.5) is 10.5 Å². The minimum Gasteiger partial charge on any atom is -0.491 e. The standard InChI is InChI=1S/C17H21N5O2/c1-22-15-8-7-12(10-14(15)20-21-22)18-17(23)19-13-6-2-4-11-5-3-9-24-16(11)13/h2,4,6,12H,3,5,7-10H2,1H3,(H2,18,19,23). The zero-order valence-electron chi connectivity index (χ0n) is 13.7. The first-order valence-electron chi connectivity index (χ1n) is 8.40. The lowest BCUT2D eigenvalue weighted by molar-refractivity contribution is 0.246. The van der Waals surface area contributed by atoms with Crippen molar-refractivity contribution >= 4 is 11.7 Å². The largest absolute Gasteiger partial charge is 0.491 e. The summed E-state index contributed by atoms with van der Waals surface area (Å²) in [4.78, 5) is 12.4. The number of amides is 2. The summed E-state index contributed by atoms with van der Waals surface area (Å²) in [6.07, 6.45) is 4.51. The Labute approximate surface area is 140 Å². The second-order valence-electron chi connectivity index (χ2n) is 6.39. The first-order chi connectivity index (χ1) is 11.7. The van der Waals surface area contributed by atoms with Gasteiger partial charge in [-0.25, -0.2) is 4.79 Å². The molecule has 7 heteroatoms. The molecule has 1 aromatic heterocycles. The number of carbonyl (C=O) groups is 1. The maximum atomic E-state index is 12.4. The fourth-order valence-electron chi connectivity index (χ4n) is 3.49. The predicted octanol–water partition coefficient (Wildman–Crippen LogP) is 1.82. The Morgan fingerprint density at radius 2 is 2.29 bits per heavy atom. The van der Waals surface area contributed by atoms with Crippen molar-refractivity contribution in [3.8, 4) is 5.75 Å². The van der Waals surface area contributed by atoms with Crippen molar-refractivity contribution in [3.05, 3.63) is 35.2 Å². The van der Waals surface area contributed by atoms with E-state index in [2.05, 4.69) is 20.9 Å². The van der Waals surface area contributed by atoms with Crippen molar-refractivity contribution in [1.29, 1.82) is 0 Å². The molecule has 4 rings (SSSR count). The van der Waals surface area contributed by atoms with E-state index in [0.717, 1.165) is 54.8 Å². The number of hydrogen-bond acceptors (Lipinski definition) is 4. The van der Waals surface area contributed by atoms with E-state index in [-0.39, 0.29) is 12.1 Å². The normalized spacial score (nSPS) is 19.0. The molecule has 2 aromatic rings. The molecular formula is C17H21N5O2. The Morgan fingerprint density at radius 1 is 1.38 bits per heavy atom. The van der Waals surface area contributed by atoms with Crippen molar-refractivity contribution in [1.82, 2.24) is 20.3 Å². The molecule has 2 heterocycles. The van der Waals surface area contributed by atoms with Crippen molar-refractivity contribution in [2.24, 2.45) is 7.05 Å². The lowest BCUT2D eigenvalue weighted by atomic mass is 9.96. The molecule has 24 heavy (non-hydrogen) atoms. The molecule has 1 atom stereocenters. The van der Waals surface area contributed by atoms with E-state index in [1.807, 2.05) is 29.9 Å². The first kappa shape index (κ1) is 15.0. The number of nitrogens with zero attached hydrogens (tertiary/aromatic N) is 3. The highest BCUT2D eigenvalue weighted by Gasteiger charge is 2.24. The SMILES string of the molecule is Cn1nnc2c1CCC(NC(=O)Nc1cccc3c1OCCC3)C2. The Bertz CT molecular complexity index is 770. The molecule has 0 saturated carbocycles. The van der Waals surface area contributed by atoms with Crippen molar-refractivity contribution < 1.29 is 9.53 Å². The van der Waals surface area contributed by atoms with E-state index < -0.39 is 0 Å². The van der Waals surface area contributed by atoms with E-state index in [0.29, 0.717) is 6.61 Å². The molecule has 1 aliphatic carbocycles. The van der Waals surface area contributed by atoms with Gasteiger partial charge in [0.1, 0.15) is 5.75 Å². The van der Waals surface area contributed by atoms with Crippen LogP contribution in [0.25, 0.3) is 0 Å². The molecule has 0 radical (unpaired) electrons. The average Bonchev–Trinajstić information content (AvgIpc) is 2.96. The summed E-state index contributed by atoms with van der Waals surface area (Å²) in [5, 5.41) is 14.2. The summed E-state index contributed by atoms with van der Waals surface area (Å²) >= 11 is 0. The molecule has 1 aromatic carbocycles. The maximum absolute atomic E-state index is 12.4. The molecule has 0 spiro atoms. The van der Waals surface area contributed by atoms with Crippen molar-refractivity contribution in [2.75, 3.05) is 11.9 Å². The summed E-state index contributed by atoms with van der Waals surface area (Å²) in [7, 11) is 1.91. The molecule has 7 nitrogen and oxygen atoms in total. The van der Waals surface area contributed by atoms with Crippen LogP contribution in [-0.2, 0) is 26.3 Å². The van der Waals surface area contributed by atoms with Crippen molar-refractivity contribution in [3.63, 3.8) is 0 Å². The lowest BCUT2D eigenvalue weighted by Gasteiger charge is -2.24. The third kappa shape index (κ3) is 2.81. The van der Waals surface area contributed by atoms with Gasteiger partial charge in [-0.1, -0.05) is 17.3 Å². The molecule has 2 aliphatic rings. The van der Waals surface area contributed by atoms with E-state index >= 15 is 0 Å². The van der Waals surface area contributed by atoms with Gasteiger partial charge in [-0.15, -0.1) is 5.10 Å². The molecule has 0 fully saturated rings. The van der Waals surface area contributed by atoms with Crippen molar-refractivity contribution in [2.45, 2.75) is 38.1 Å². The first-order valence-corrected chi connectivity index (χ1v) is 8.40. The number of hydrogen-bond donors (Lipinski definition) is 2. The smallest absolute Gasteiger partial charge is 0.319 e. The van der Waals surface area contributed by atoms with E-state index in [9.17, 15) is 4.79 Å². The number of benzene rings is 1. The summed E-state index contributed by atoms with van der Waals surface area (Å²) in [5.41, 5.74) is 4.04. The Kier molecular flexibility index (Phi) is 3.84. The maximum Gasteiger partial charge on any atom is 0.319 e. The zero-order valence-corrected chi connectivity index (χ0v) is 13.7. The highest BCUT2D eigenvalue weighted by atomic mass is 16.5. The van der Waals surface area contributed by atoms with E-state index in [1.54, 1.807) is 0 Å². The summed E-state index contributed by atoms with van der Waals surface area (Å²) < 4.78 is 7.55. The van der Waals surface area contributed by atoms with Crippen LogP contribution in [0.3, 0.4) is 0 Å². The number of nitrogens with one attached hydrogen (secondary N) is 2. The molecule has 0 saturated heterocycles. The van der Waals surface area contributed by atoms with Crippen LogP contribution >= 0.6 is 0 Å². The fourth-order valence-corrected chi connectivity index (χ4v) is 3.49. The van der Waals surface area contributed by atoms with Crippen LogP contribution < -0.4 is 15.4 Å². The lowest BCUT2D eigenvalue weighted by Crippen LogP contribution is -2.41. The Morgan fingerprint density at radius 3 is 3.21 bits per heavy atom. The van der Waals surface area contributed by atoms with Crippen LogP contribution in [0.5, 0.6) is 5.75 Å². The van der Waals surface area contributed by atoms with Gasteiger partial charge in [-0.3, -0.25) is 4.68 Å². The quantitative estimate of drug-likeness (QED) is 0.881. The van der Waals surface area contributed by atoms with Crippen LogP contribution in [0.2, 0.25) is 0 Å². The fraction of sp³-hybridized carbons (Fsp3) is 0.471. The number of ether oxygens (including phenoxy) is 1. The molecule has 2 N–H and O–H groups in total. The monoisotopic (exact) mass is 327 g/mol. The Balaban J connectivity index is 1.41. The minimum absolute atomic E-state index is 0.0784. The van der Waals surface area contributed by atoms with Gasteiger partial charge >= 0.3 is 6.03 Å². The molecule has 1 aliphatic heterocycles. The highest BCUT2D eigenvalue weighted by molar-refractivity contribution is 5.91. The third-order valence-electron chi connectivity index (χ3n) is 4.71.